The van der Waals surface area contributed by atoms with Crippen molar-refractivity contribution in [2.75, 3.05) is 11.9 Å². The molecule has 0 saturated heterocycles. The summed E-state index contributed by atoms with van der Waals surface area (Å²) >= 11 is 11.8. The second kappa shape index (κ2) is 7.20. The van der Waals surface area contributed by atoms with Crippen LogP contribution in [-0.2, 0) is 9.53 Å². The molecule has 8 heteroatoms. The molecule has 0 saturated carbocycles. The molecule has 0 aliphatic heterocycles. The maximum Gasteiger partial charge on any atom is 0.357 e. The molecule has 2 aromatic heterocycles. The summed E-state index contributed by atoms with van der Waals surface area (Å²) in [5.74, 6) is -1.11. The lowest BCUT2D eigenvalue weighted by atomic mass is 10.3. The Bertz CT molecular complexity index is 708. The summed E-state index contributed by atoms with van der Waals surface area (Å²) in [6.07, 6.45) is 1.46. The van der Waals surface area contributed by atoms with Crippen molar-refractivity contribution in [2.24, 2.45) is 0 Å². The molecule has 0 spiro atoms. The van der Waals surface area contributed by atoms with Crippen molar-refractivity contribution in [3.63, 3.8) is 0 Å². The SMILES string of the molecule is Cc1nc(NC(=O)COC(=O)c2ccccn2)c(Cl)cc1Cl. The average Bonchev–Trinajstić information content (AvgIpc) is 2.51. The first-order chi connectivity index (χ1) is 10.5. The number of nitrogens with one attached hydrogen (secondary N) is 1. The quantitative estimate of drug-likeness (QED) is 0.866. The van der Waals surface area contributed by atoms with Gasteiger partial charge in [-0.15, -0.1) is 0 Å². The first kappa shape index (κ1) is 16.2. The number of aryl methyl sites for hydroxylation is 1. The van der Waals surface area contributed by atoms with E-state index >= 15 is 0 Å². The van der Waals surface area contributed by atoms with Gasteiger partial charge in [0.2, 0.25) is 0 Å². The summed E-state index contributed by atoms with van der Waals surface area (Å²) in [5.41, 5.74) is 0.639. The van der Waals surface area contributed by atoms with E-state index < -0.39 is 18.5 Å². The molecular formula is C14H11Cl2N3O3. The molecule has 0 atom stereocenters. The zero-order valence-corrected chi connectivity index (χ0v) is 13.0. The normalized spacial score (nSPS) is 10.1. The largest absolute Gasteiger partial charge is 0.451 e. The number of ether oxygens (including phenoxy) is 1. The van der Waals surface area contributed by atoms with Gasteiger partial charge < -0.3 is 10.1 Å². The molecular weight excluding hydrogens is 329 g/mol. The second-order valence-corrected chi connectivity index (χ2v) is 5.04. The van der Waals surface area contributed by atoms with Gasteiger partial charge in [-0.3, -0.25) is 4.79 Å². The molecule has 0 radical (unpaired) electrons. The van der Waals surface area contributed by atoms with Crippen LogP contribution in [0.4, 0.5) is 5.82 Å². The van der Waals surface area contributed by atoms with E-state index in [0.29, 0.717) is 10.7 Å². The van der Waals surface area contributed by atoms with Gasteiger partial charge in [0.05, 0.1) is 15.7 Å². The third-order valence-electron chi connectivity index (χ3n) is 2.57. The van der Waals surface area contributed by atoms with Gasteiger partial charge in [0.25, 0.3) is 5.91 Å². The molecule has 0 aromatic carbocycles. The van der Waals surface area contributed by atoms with Gasteiger partial charge in [-0.1, -0.05) is 29.3 Å². The van der Waals surface area contributed by atoms with Gasteiger partial charge >= 0.3 is 5.97 Å². The summed E-state index contributed by atoms with van der Waals surface area (Å²) in [5, 5.41) is 3.03. The Balaban J connectivity index is 1.94. The highest BCUT2D eigenvalue weighted by molar-refractivity contribution is 6.36. The van der Waals surface area contributed by atoms with Crippen LogP contribution < -0.4 is 5.32 Å². The van der Waals surface area contributed by atoms with Gasteiger partial charge in [0.15, 0.2) is 12.4 Å². The predicted molar refractivity (Wildman–Crippen MR) is 82.1 cm³/mol. The minimum atomic E-state index is -0.693. The van der Waals surface area contributed by atoms with Crippen molar-refractivity contribution >= 4 is 40.9 Å². The third-order valence-corrected chi connectivity index (χ3v) is 3.24. The van der Waals surface area contributed by atoms with Crippen molar-refractivity contribution in [2.45, 2.75) is 6.92 Å². The van der Waals surface area contributed by atoms with Crippen LogP contribution in [0.2, 0.25) is 10.0 Å². The lowest BCUT2D eigenvalue weighted by Crippen LogP contribution is -2.22. The molecule has 2 heterocycles. The summed E-state index contributed by atoms with van der Waals surface area (Å²) in [6, 6.07) is 6.27. The minimum absolute atomic E-state index is 0.119. The minimum Gasteiger partial charge on any atom is -0.451 e. The highest BCUT2D eigenvalue weighted by Gasteiger charge is 2.13. The fraction of sp³-hybridized carbons (Fsp3) is 0.143. The molecule has 1 amide bonds. The second-order valence-electron chi connectivity index (χ2n) is 4.23. The van der Waals surface area contributed by atoms with Crippen molar-refractivity contribution in [1.82, 2.24) is 9.97 Å². The molecule has 0 aliphatic carbocycles. The number of halogens is 2. The van der Waals surface area contributed by atoms with Gasteiger partial charge in [-0.2, -0.15) is 0 Å². The summed E-state index contributed by atoms with van der Waals surface area (Å²) in [4.78, 5) is 31.3. The number of anilines is 1. The summed E-state index contributed by atoms with van der Waals surface area (Å²) in [6.45, 7) is 1.20. The molecule has 2 rings (SSSR count). The number of rotatable bonds is 4. The maximum absolute atomic E-state index is 11.8. The molecule has 0 unspecified atom stereocenters. The topological polar surface area (TPSA) is 81.2 Å². The van der Waals surface area contributed by atoms with E-state index in [0.717, 1.165) is 0 Å². The lowest BCUT2D eigenvalue weighted by Gasteiger charge is -2.08. The Labute approximate surface area is 136 Å². The molecule has 1 N–H and O–H groups in total. The van der Waals surface area contributed by atoms with Crippen molar-refractivity contribution in [1.29, 1.82) is 0 Å². The smallest absolute Gasteiger partial charge is 0.357 e. The molecule has 0 aliphatic rings. The number of nitrogens with zero attached hydrogens (tertiary/aromatic N) is 2. The van der Waals surface area contributed by atoms with Crippen molar-refractivity contribution < 1.29 is 14.3 Å². The molecule has 114 valence electrons. The Kier molecular flexibility index (Phi) is 5.30. The number of amides is 1. The Morgan fingerprint density at radius 1 is 1.27 bits per heavy atom. The lowest BCUT2D eigenvalue weighted by molar-refractivity contribution is -0.119. The Hall–Kier alpha value is -2.18. The average molecular weight is 340 g/mol. The molecule has 0 fully saturated rings. The number of hydrogen-bond donors (Lipinski definition) is 1. The number of pyridine rings is 2. The van der Waals surface area contributed by atoms with Crippen LogP contribution in [0, 0.1) is 6.92 Å². The van der Waals surface area contributed by atoms with Crippen molar-refractivity contribution in [3.05, 3.63) is 51.9 Å². The van der Waals surface area contributed by atoms with Gasteiger partial charge in [0, 0.05) is 6.20 Å². The van der Waals surface area contributed by atoms with E-state index in [4.69, 9.17) is 27.9 Å². The molecule has 22 heavy (non-hydrogen) atoms. The zero-order chi connectivity index (χ0) is 16.1. The van der Waals surface area contributed by atoms with Crippen LogP contribution in [0.25, 0.3) is 0 Å². The fourth-order valence-electron chi connectivity index (χ4n) is 1.50. The zero-order valence-electron chi connectivity index (χ0n) is 11.5. The number of carbonyl (C=O) groups excluding carboxylic acids is 2. The van der Waals surface area contributed by atoms with Crippen LogP contribution in [0.3, 0.4) is 0 Å². The molecule has 0 bridgehead atoms. The predicted octanol–water partition coefficient (Wildman–Crippen LogP) is 2.89. The van der Waals surface area contributed by atoms with E-state index in [-0.39, 0.29) is 16.5 Å². The Morgan fingerprint density at radius 3 is 2.73 bits per heavy atom. The number of carbonyl (C=O) groups is 2. The van der Waals surface area contributed by atoms with Crippen LogP contribution >= 0.6 is 23.2 Å². The van der Waals surface area contributed by atoms with Crippen LogP contribution in [0.1, 0.15) is 16.2 Å². The van der Waals surface area contributed by atoms with E-state index in [1.165, 1.54) is 18.3 Å². The van der Waals surface area contributed by atoms with E-state index in [1.54, 1.807) is 19.1 Å². The van der Waals surface area contributed by atoms with Crippen molar-refractivity contribution in [3.8, 4) is 0 Å². The highest BCUT2D eigenvalue weighted by atomic mass is 35.5. The van der Waals surface area contributed by atoms with Crippen LogP contribution in [0.15, 0.2) is 30.5 Å². The van der Waals surface area contributed by atoms with Gasteiger partial charge in [-0.25, -0.2) is 14.8 Å². The van der Waals surface area contributed by atoms with Crippen LogP contribution in [0.5, 0.6) is 0 Å². The van der Waals surface area contributed by atoms with E-state index in [2.05, 4.69) is 15.3 Å². The van der Waals surface area contributed by atoms with E-state index in [1.807, 2.05) is 0 Å². The summed E-state index contributed by atoms with van der Waals surface area (Å²) in [7, 11) is 0. The number of aromatic nitrogens is 2. The highest BCUT2D eigenvalue weighted by Crippen LogP contribution is 2.25. The molecule has 2 aromatic rings. The van der Waals surface area contributed by atoms with Gasteiger partial charge in [0.1, 0.15) is 5.69 Å². The number of esters is 1. The first-order valence-electron chi connectivity index (χ1n) is 6.18. The maximum atomic E-state index is 11.8. The van der Waals surface area contributed by atoms with Crippen LogP contribution in [-0.4, -0.2) is 28.5 Å². The monoisotopic (exact) mass is 339 g/mol. The molecule has 6 nitrogen and oxygen atoms in total. The van der Waals surface area contributed by atoms with E-state index in [9.17, 15) is 9.59 Å². The third kappa shape index (κ3) is 4.16. The summed E-state index contributed by atoms with van der Waals surface area (Å²) < 4.78 is 4.85. The standard InChI is InChI=1S/C14H11Cl2N3O3/c1-8-9(15)6-10(16)13(18-8)19-12(20)7-22-14(21)11-4-2-3-5-17-11/h2-6H,7H2,1H3,(H,18,19,20). The Morgan fingerprint density at radius 2 is 2.05 bits per heavy atom. The number of hydrogen-bond acceptors (Lipinski definition) is 5. The first-order valence-corrected chi connectivity index (χ1v) is 6.93. The fourth-order valence-corrected chi connectivity index (χ4v) is 1.91. The van der Waals surface area contributed by atoms with Gasteiger partial charge in [-0.05, 0) is 25.1 Å².